The first-order chi connectivity index (χ1) is 15.6. The van der Waals surface area contributed by atoms with Gasteiger partial charge in [0.25, 0.3) is 0 Å². The molecule has 0 radical (unpaired) electrons. The van der Waals surface area contributed by atoms with Gasteiger partial charge in [0.05, 0.1) is 17.1 Å². The largest absolute Gasteiger partial charge is 0.481 e. The Kier molecular flexibility index (Phi) is 5.20. The van der Waals surface area contributed by atoms with Gasteiger partial charge in [0.2, 0.25) is 0 Å². The monoisotopic (exact) mass is 472 g/mol. The zero-order chi connectivity index (χ0) is 25.1. The highest BCUT2D eigenvalue weighted by atomic mass is 16.4. The topological polar surface area (TPSA) is 77.8 Å². The Morgan fingerprint density at radius 1 is 0.941 bits per heavy atom. The Labute approximate surface area is 206 Å². The van der Waals surface area contributed by atoms with E-state index in [1.165, 1.54) is 12.0 Å². The third-order valence-electron chi connectivity index (χ3n) is 13.1. The number of carbonyl (C=O) groups is 1. The fourth-order valence-electron chi connectivity index (χ4n) is 11.1. The molecule has 0 aromatic heterocycles. The molecule has 0 unspecified atom stereocenters. The summed E-state index contributed by atoms with van der Waals surface area (Å²) in [4.78, 5) is 12.8. The number of aliphatic carboxylic acids is 1. The summed E-state index contributed by atoms with van der Waals surface area (Å²) in [7, 11) is 0. The van der Waals surface area contributed by atoms with Crippen LogP contribution in [-0.4, -0.2) is 33.0 Å². The highest BCUT2D eigenvalue weighted by Crippen LogP contribution is 2.76. The summed E-state index contributed by atoms with van der Waals surface area (Å²) in [6.07, 6.45) is 10.1. The fourth-order valence-corrected chi connectivity index (χ4v) is 11.1. The van der Waals surface area contributed by atoms with E-state index in [0.29, 0.717) is 24.7 Å². The van der Waals surface area contributed by atoms with Crippen molar-refractivity contribution >= 4 is 5.97 Å². The standard InChI is InChI=1S/C30H48O4/c1-18-10-13-30(24(32)33)15-14-27(5)20(23(30)29(18,7)34)8-9-22-26(4)17-19(31)16-25(2,3)21(26)11-12-28(22,27)6/h8,18-19,21-23,31,34H,9-17H2,1-7H3,(H,32,33)/t18-,19+,21+,22-,23-,26+,27-,28-,29-,30+/m1/s1. The highest BCUT2D eigenvalue weighted by Gasteiger charge is 2.71. The number of aliphatic hydroxyl groups is 2. The summed E-state index contributed by atoms with van der Waals surface area (Å²) < 4.78 is 0. The second-order valence-electron chi connectivity index (χ2n) is 14.9. The molecule has 3 N–H and O–H groups in total. The Morgan fingerprint density at radius 3 is 2.26 bits per heavy atom. The summed E-state index contributed by atoms with van der Waals surface area (Å²) in [6.45, 7) is 16.1. The molecule has 5 aliphatic rings. The van der Waals surface area contributed by atoms with E-state index in [2.05, 4.69) is 47.6 Å². The molecular formula is C30H48O4. The maximum atomic E-state index is 12.8. The molecule has 4 nitrogen and oxygen atoms in total. The van der Waals surface area contributed by atoms with E-state index >= 15 is 0 Å². The van der Waals surface area contributed by atoms with E-state index in [4.69, 9.17) is 0 Å². The second kappa shape index (κ2) is 7.12. The third kappa shape index (κ3) is 2.82. The molecular weight excluding hydrogens is 424 g/mol. The Morgan fingerprint density at radius 2 is 1.62 bits per heavy atom. The van der Waals surface area contributed by atoms with E-state index in [1.807, 2.05) is 6.92 Å². The first-order valence-electron chi connectivity index (χ1n) is 13.9. The van der Waals surface area contributed by atoms with Gasteiger partial charge in [-0.2, -0.15) is 0 Å². The van der Waals surface area contributed by atoms with Crippen molar-refractivity contribution < 1.29 is 20.1 Å². The van der Waals surface area contributed by atoms with Gasteiger partial charge in [-0.15, -0.1) is 0 Å². The van der Waals surface area contributed by atoms with Crippen molar-refractivity contribution in [2.45, 2.75) is 118 Å². The highest BCUT2D eigenvalue weighted by molar-refractivity contribution is 5.77. The van der Waals surface area contributed by atoms with Crippen molar-refractivity contribution in [1.29, 1.82) is 0 Å². The van der Waals surface area contributed by atoms with Crippen molar-refractivity contribution in [3.05, 3.63) is 11.6 Å². The van der Waals surface area contributed by atoms with Crippen LogP contribution in [-0.2, 0) is 4.79 Å². The Hall–Kier alpha value is -0.870. The molecule has 34 heavy (non-hydrogen) atoms. The van der Waals surface area contributed by atoms with Crippen LogP contribution in [0.5, 0.6) is 0 Å². The van der Waals surface area contributed by atoms with Crippen LogP contribution in [0.1, 0.15) is 106 Å². The van der Waals surface area contributed by atoms with Gasteiger partial charge < -0.3 is 15.3 Å². The van der Waals surface area contributed by atoms with Crippen LogP contribution in [0.15, 0.2) is 11.6 Å². The molecule has 10 atom stereocenters. The van der Waals surface area contributed by atoms with Gasteiger partial charge in [-0.05, 0) is 104 Å². The van der Waals surface area contributed by atoms with Crippen LogP contribution in [0.2, 0.25) is 0 Å². The minimum atomic E-state index is -1.02. The van der Waals surface area contributed by atoms with Crippen molar-refractivity contribution in [3.8, 4) is 0 Å². The van der Waals surface area contributed by atoms with Crippen LogP contribution in [0.25, 0.3) is 0 Å². The number of hydrogen-bond acceptors (Lipinski definition) is 3. The van der Waals surface area contributed by atoms with E-state index in [-0.39, 0.29) is 39.6 Å². The third-order valence-corrected chi connectivity index (χ3v) is 13.1. The van der Waals surface area contributed by atoms with E-state index in [0.717, 1.165) is 38.5 Å². The fraction of sp³-hybridized carbons (Fsp3) is 0.900. The molecule has 192 valence electrons. The molecule has 0 aromatic rings. The molecule has 5 aliphatic carbocycles. The molecule has 4 heteroatoms. The summed E-state index contributed by atoms with van der Waals surface area (Å²) in [5.74, 6) is 0.107. The van der Waals surface area contributed by atoms with Crippen LogP contribution in [0.3, 0.4) is 0 Å². The zero-order valence-electron chi connectivity index (χ0n) is 22.6. The Balaban J connectivity index is 1.65. The molecule has 0 bridgehead atoms. The van der Waals surface area contributed by atoms with Crippen molar-refractivity contribution in [3.63, 3.8) is 0 Å². The zero-order valence-corrected chi connectivity index (χ0v) is 22.6. The van der Waals surface area contributed by atoms with Crippen LogP contribution >= 0.6 is 0 Å². The van der Waals surface area contributed by atoms with Crippen LogP contribution < -0.4 is 0 Å². The van der Waals surface area contributed by atoms with Gasteiger partial charge in [0, 0.05) is 5.92 Å². The minimum absolute atomic E-state index is 0.0386. The molecule has 0 heterocycles. The molecule has 0 spiro atoms. The van der Waals surface area contributed by atoms with E-state index in [9.17, 15) is 20.1 Å². The van der Waals surface area contributed by atoms with Gasteiger partial charge in [-0.25, -0.2) is 0 Å². The summed E-state index contributed by atoms with van der Waals surface area (Å²) in [6, 6.07) is 0. The summed E-state index contributed by atoms with van der Waals surface area (Å²) in [5.41, 5.74) is -0.506. The SMILES string of the molecule is C[C@@H]1CC[C@]2(C(=O)O)CC[C@]3(C)C(=CC[C@@H]4[C@@]5(C)C[C@@H](O)CC(C)(C)[C@@H]5CC[C@]43C)[C@@H]2[C@]1(C)O. The van der Waals surface area contributed by atoms with E-state index in [1.54, 1.807) is 0 Å². The first kappa shape index (κ1) is 24.8. The minimum Gasteiger partial charge on any atom is -0.481 e. The number of aliphatic hydroxyl groups excluding tert-OH is 1. The van der Waals surface area contributed by atoms with Gasteiger partial charge in [0.1, 0.15) is 0 Å². The number of fused-ring (bicyclic) bond motifs is 7. The number of rotatable bonds is 1. The van der Waals surface area contributed by atoms with Gasteiger partial charge in [-0.1, -0.05) is 53.2 Å². The van der Waals surface area contributed by atoms with Gasteiger partial charge >= 0.3 is 5.97 Å². The van der Waals surface area contributed by atoms with Crippen LogP contribution in [0, 0.1) is 50.7 Å². The first-order valence-corrected chi connectivity index (χ1v) is 13.9. The molecule has 4 saturated carbocycles. The maximum absolute atomic E-state index is 12.8. The lowest BCUT2D eigenvalue weighted by Gasteiger charge is -2.71. The number of allylic oxidation sites excluding steroid dienone is 1. The van der Waals surface area contributed by atoms with Gasteiger partial charge in [-0.3, -0.25) is 4.79 Å². The normalized spacial score (nSPS) is 56.3. The molecule has 4 fully saturated rings. The molecule has 0 aromatic carbocycles. The average Bonchev–Trinajstić information content (AvgIpc) is 2.69. The summed E-state index contributed by atoms with van der Waals surface area (Å²) in [5, 5.41) is 33.4. The molecule has 5 rings (SSSR count). The lowest BCUT2D eigenvalue weighted by molar-refractivity contribution is -0.214. The number of hydrogen-bond donors (Lipinski definition) is 3. The smallest absolute Gasteiger partial charge is 0.310 e. The van der Waals surface area contributed by atoms with Crippen LogP contribution in [0.4, 0.5) is 0 Å². The second-order valence-corrected chi connectivity index (χ2v) is 14.9. The van der Waals surface area contributed by atoms with Crippen molar-refractivity contribution in [1.82, 2.24) is 0 Å². The van der Waals surface area contributed by atoms with Crippen molar-refractivity contribution in [2.24, 2.45) is 50.7 Å². The predicted octanol–water partition coefficient (Wildman–Crippen LogP) is 6.20. The predicted molar refractivity (Wildman–Crippen MR) is 134 cm³/mol. The summed E-state index contributed by atoms with van der Waals surface area (Å²) >= 11 is 0. The van der Waals surface area contributed by atoms with Crippen molar-refractivity contribution in [2.75, 3.05) is 0 Å². The lowest BCUT2D eigenvalue weighted by Crippen LogP contribution is -2.67. The average molecular weight is 473 g/mol. The number of carboxylic acid groups (broad SMARTS) is 1. The quantitative estimate of drug-likeness (QED) is 0.397. The Bertz CT molecular complexity index is 919. The maximum Gasteiger partial charge on any atom is 0.310 e. The number of carboxylic acids is 1. The van der Waals surface area contributed by atoms with E-state index < -0.39 is 17.0 Å². The van der Waals surface area contributed by atoms with Gasteiger partial charge in [0.15, 0.2) is 0 Å². The molecule has 0 aliphatic heterocycles. The lowest BCUT2D eigenvalue weighted by atomic mass is 9.33. The molecule has 0 saturated heterocycles. The molecule has 0 amide bonds.